The molecule has 0 spiro atoms. The van der Waals surface area contributed by atoms with E-state index in [1.54, 1.807) is 0 Å². The molecule has 0 atom stereocenters. The third-order valence-electron chi connectivity index (χ3n) is 3.02. The number of rotatable bonds is 3. The van der Waals surface area contributed by atoms with Crippen LogP contribution in [0.4, 0.5) is 13.2 Å². The van der Waals surface area contributed by atoms with Crippen LogP contribution in [0, 0.1) is 13.8 Å². The van der Waals surface area contributed by atoms with E-state index in [4.69, 9.17) is 0 Å². The van der Waals surface area contributed by atoms with Crippen molar-refractivity contribution in [3.05, 3.63) is 58.7 Å². The molecule has 0 unspecified atom stereocenters. The van der Waals surface area contributed by atoms with Crippen molar-refractivity contribution in [2.45, 2.75) is 29.8 Å². The van der Waals surface area contributed by atoms with Gasteiger partial charge in [0.25, 0.3) is 0 Å². The van der Waals surface area contributed by atoms with Crippen LogP contribution in [0.25, 0.3) is 0 Å². The highest BCUT2D eigenvalue weighted by atomic mass is 32.2. The Morgan fingerprint density at radius 1 is 1.05 bits per heavy atom. The number of carbonyl (C=O) groups is 1. The molecule has 0 fully saturated rings. The molecule has 0 saturated heterocycles. The second-order valence-corrected chi connectivity index (χ2v) is 5.85. The summed E-state index contributed by atoms with van der Waals surface area (Å²) in [7, 11) is 0. The fourth-order valence-corrected chi connectivity index (χ4v) is 2.91. The number of aldehydes is 1. The summed E-state index contributed by atoms with van der Waals surface area (Å²) in [5.41, 5.74) is 0.872. The molecule has 21 heavy (non-hydrogen) atoms. The molecule has 2 rings (SSSR count). The van der Waals surface area contributed by atoms with Crippen LogP contribution >= 0.6 is 11.8 Å². The second kappa shape index (κ2) is 5.93. The van der Waals surface area contributed by atoms with E-state index in [2.05, 4.69) is 0 Å². The SMILES string of the molecule is Cc1ccc(Sc2ccc(C=O)c(C(F)(F)F)c2)c(C)c1. The third-order valence-corrected chi connectivity index (χ3v) is 4.18. The Labute approximate surface area is 125 Å². The summed E-state index contributed by atoms with van der Waals surface area (Å²) in [5.74, 6) is 0. The van der Waals surface area contributed by atoms with Gasteiger partial charge >= 0.3 is 6.18 Å². The van der Waals surface area contributed by atoms with Crippen LogP contribution < -0.4 is 0 Å². The molecule has 0 aromatic heterocycles. The van der Waals surface area contributed by atoms with Gasteiger partial charge in [0.1, 0.15) is 0 Å². The average Bonchev–Trinajstić information content (AvgIpc) is 2.41. The van der Waals surface area contributed by atoms with Crippen LogP contribution in [0.15, 0.2) is 46.2 Å². The highest BCUT2D eigenvalue weighted by Crippen LogP contribution is 2.37. The highest BCUT2D eigenvalue weighted by molar-refractivity contribution is 7.99. The topological polar surface area (TPSA) is 17.1 Å². The number of carbonyl (C=O) groups excluding carboxylic acids is 1. The van der Waals surface area contributed by atoms with Crippen LogP contribution in [-0.4, -0.2) is 6.29 Å². The van der Waals surface area contributed by atoms with E-state index >= 15 is 0 Å². The minimum Gasteiger partial charge on any atom is -0.298 e. The quantitative estimate of drug-likeness (QED) is 0.717. The fourth-order valence-electron chi connectivity index (χ4n) is 1.99. The highest BCUT2D eigenvalue weighted by Gasteiger charge is 2.33. The zero-order valence-electron chi connectivity index (χ0n) is 11.5. The van der Waals surface area contributed by atoms with Gasteiger partial charge in [0.15, 0.2) is 6.29 Å². The van der Waals surface area contributed by atoms with Gasteiger partial charge in [-0.05, 0) is 43.7 Å². The molecule has 0 bridgehead atoms. The lowest BCUT2D eigenvalue weighted by Crippen LogP contribution is -2.08. The number of halogens is 3. The number of benzene rings is 2. The Balaban J connectivity index is 2.39. The van der Waals surface area contributed by atoms with Gasteiger partial charge in [0.05, 0.1) is 5.56 Å². The monoisotopic (exact) mass is 310 g/mol. The number of hydrogen-bond donors (Lipinski definition) is 0. The molecule has 0 amide bonds. The van der Waals surface area contributed by atoms with Crippen molar-refractivity contribution in [1.29, 1.82) is 0 Å². The molecule has 1 nitrogen and oxygen atoms in total. The number of aryl methyl sites for hydroxylation is 2. The van der Waals surface area contributed by atoms with E-state index in [0.29, 0.717) is 4.90 Å². The van der Waals surface area contributed by atoms with Gasteiger partial charge in [-0.3, -0.25) is 4.79 Å². The summed E-state index contributed by atoms with van der Waals surface area (Å²) in [6.45, 7) is 3.88. The van der Waals surface area contributed by atoms with Crippen molar-refractivity contribution in [2.24, 2.45) is 0 Å². The smallest absolute Gasteiger partial charge is 0.298 e. The first-order valence-corrected chi connectivity index (χ1v) is 7.04. The molecule has 0 radical (unpaired) electrons. The van der Waals surface area contributed by atoms with Crippen molar-refractivity contribution in [1.82, 2.24) is 0 Å². The van der Waals surface area contributed by atoms with E-state index in [-0.39, 0.29) is 11.8 Å². The molecule has 0 aliphatic rings. The normalized spacial score (nSPS) is 11.5. The molecule has 2 aromatic carbocycles. The predicted molar refractivity (Wildman–Crippen MR) is 76.9 cm³/mol. The average molecular weight is 310 g/mol. The number of alkyl halides is 3. The van der Waals surface area contributed by atoms with E-state index < -0.39 is 11.7 Å². The van der Waals surface area contributed by atoms with E-state index in [1.807, 2.05) is 32.0 Å². The molecular formula is C16H13F3OS. The van der Waals surface area contributed by atoms with Gasteiger partial charge in [0.2, 0.25) is 0 Å². The van der Waals surface area contributed by atoms with Gasteiger partial charge in [-0.1, -0.05) is 29.5 Å². The van der Waals surface area contributed by atoms with Gasteiger partial charge in [0, 0.05) is 15.4 Å². The van der Waals surface area contributed by atoms with Gasteiger partial charge < -0.3 is 0 Å². The first kappa shape index (κ1) is 15.6. The summed E-state index contributed by atoms with van der Waals surface area (Å²) in [6.07, 6.45) is -4.30. The summed E-state index contributed by atoms with van der Waals surface area (Å²) in [6, 6.07) is 9.54. The minimum absolute atomic E-state index is 0.231. The minimum atomic E-state index is -4.53. The Morgan fingerprint density at radius 2 is 1.76 bits per heavy atom. The van der Waals surface area contributed by atoms with Crippen molar-refractivity contribution < 1.29 is 18.0 Å². The van der Waals surface area contributed by atoms with Gasteiger partial charge in [-0.2, -0.15) is 13.2 Å². The molecule has 5 heteroatoms. The van der Waals surface area contributed by atoms with Gasteiger partial charge in [-0.15, -0.1) is 0 Å². The number of hydrogen-bond acceptors (Lipinski definition) is 2. The van der Waals surface area contributed by atoms with Crippen molar-refractivity contribution in [3.8, 4) is 0 Å². The maximum absolute atomic E-state index is 12.9. The second-order valence-electron chi connectivity index (χ2n) is 4.74. The van der Waals surface area contributed by atoms with Crippen molar-refractivity contribution in [2.75, 3.05) is 0 Å². The molecular weight excluding hydrogens is 297 g/mol. The van der Waals surface area contributed by atoms with Gasteiger partial charge in [-0.25, -0.2) is 0 Å². The van der Waals surface area contributed by atoms with Crippen molar-refractivity contribution >= 4 is 18.0 Å². The predicted octanol–water partition coefficient (Wildman–Crippen LogP) is 5.29. The van der Waals surface area contributed by atoms with Crippen molar-refractivity contribution in [3.63, 3.8) is 0 Å². The van der Waals surface area contributed by atoms with E-state index in [1.165, 1.54) is 23.9 Å². The lowest BCUT2D eigenvalue weighted by Gasteiger charge is -2.12. The maximum atomic E-state index is 12.9. The zero-order chi connectivity index (χ0) is 15.6. The summed E-state index contributed by atoms with van der Waals surface area (Å²) < 4.78 is 38.8. The molecule has 0 saturated carbocycles. The lowest BCUT2D eigenvalue weighted by atomic mass is 10.1. The zero-order valence-corrected chi connectivity index (χ0v) is 12.3. The van der Waals surface area contributed by atoms with Crippen LogP contribution in [0.2, 0.25) is 0 Å². The summed E-state index contributed by atoms with van der Waals surface area (Å²) >= 11 is 1.26. The first-order valence-electron chi connectivity index (χ1n) is 6.23. The summed E-state index contributed by atoms with van der Waals surface area (Å²) in [4.78, 5) is 12.1. The van der Waals surface area contributed by atoms with Crippen LogP contribution in [0.1, 0.15) is 27.0 Å². The van der Waals surface area contributed by atoms with Crippen LogP contribution in [0.5, 0.6) is 0 Å². The maximum Gasteiger partial charge on any atom is 0.417 e. The molecule has 0 heterocycles. The largest absolute Gasteiger partial charge is 0.417 e. The fraction of sp³-hybridized carbons (Fsp3) is 0.188. The van der Waals surface area contributed by atoms with Crippen LogP contribution in [-0.2, 0) is 6.18 Å². The molecule has 0 N–H and O–H groups in total. The third kappa shape index (κ3) is 3.67. The van der Waals surface area contributed by atoms with Crippen LogP contribution in [0.3, 0.4) is 0 Å². The molecule has 110 valence electrons. The Hall–Kier alpha value is -1.75. The van der Waals surface area contributed by atoms with E-state index in [9.17, 15) is 18.0 Å². The lowest BCUT2D eigenvalue weighted by molar-refractivity contribution is -0.138. The summed E-state index contributed by atoms with van der Waals surface area (Å²) in [5, 5.41) is 0. The molecule has 2 aromatic rings. The Bertz CT molecular complexity index is 678. The molecule has 0 aliphatic carbocycles. The van der Waals surface area contributed by atoms with E-state index in [0.717, 1.165) is 22.1 Å². The Kier molecular flexibility index (Phi) is 4.42. The molecule has 0 aliphatic heterocycles. The Morgan fingerprint density at radius 3 is 2.33 bits per heavy atom. The standard InChI is InChI=1S/C16H13F3OS/c1-10-3-6-15(11(2)7-10)21-13-5-4-12(9-20)14(8-13)16(17,18)19/h3-9H,1-2H3. The first-order chi connectivity index (χ1) is 9.81.